The summed E-state index contributed by atoms with van der Waals surface area (Å²) in [5.74, 6) is -0.358. The van der Waals surface area contributed by atoms with Crippen molar-refractivity contribution in [3.8, 4) is 0 Å². The molecule has 20 heavy (non-hydrogen) atoms. The van der Waals surface area contributed by atoms with Crippen molar-refractivity contribution < 1.29 is 13.3 Å². The molecule has 1 aromatic heterocycles. The van der Waals surface area contributed by atoms with E-state index in [-0.39, 0.29) is 22.0 Å². The molecule has 104 valence electrons. The first-order chi connectivity index (χ1) is 9.40. The molecule has 1 aromatic carbocycles. The molecule has 2 N–H and O–H groups in total. The van der Waals surface area contributed by atoms with Gasteiger partial charge in [0.2, 0.25) is 0 Å². The number of aromatic nitrogens is 1. The summed E-state index contributed by atoms with van der Waals surface area (Å²) in [7, 11) is -3.67. The van der Waals surface area contributed by atoms with Gasteiger partial charge in [-0.1, -0.05) is 12.1 Å². The van der Waals surface area contributed by atoms with Crippen LogP contribution in [0.3, 0.4) is 0 Å². The van der Waals surface area contributed by atoms with E-state index in [0.717, 1.165) is 0 Å². The molecule has 0 saturated heterocycles. The van der Waals surface area contributed by atoms with Crippen molar-refractivity contribution in [3.63, 3.8) is 0 Å². The van der Waals surface area contributed by atoms with Gasteiger partial charge in [-0.25, -0.2) is 8.42 Å². The predicted molar refractivity (Wildman–Crippen MR) is 72.6 cm³/mol. The molecule has 0 aliphatic rings. The maximum atomic E-state index is 12.2. The Morgan fingerprint density at radius 2 is 2.05 bits per heavy atom. The van der Waals surface area contributed by atoms with Gasteiger partial charge in [0.05, 0.1) is 27.5 Å². The van der Waals surface area contributed by atoms with Crippen molar-refractivity contribution >= 4 is 21.2 Å². The summed E-state index contributed by atoms with van der Waals surface area (Å²) in [4.78, 5) is 13.8. The number of sulfone groups is 1. The van der Waals surface area contributed by atoms with Crippen LogP contribution in [0.15, 0.2) is 47.6 Å². The molecule has 0 amide bonds. The molecule has 7 nitrogen and oxygen atoms in total. The van der Waals surface area contributed by atoms with Crippen LogP contribution in [0.1, 0.15) is 5.56 Å². The average Bonchev–Trinajstić information content (AvgIpc) is 2.38. The normalized spacial score (nSPS) is 11.2. The van der Waals surface area contributed by atoms with E-state index in [9.17, 15) is 18.5 Å². The zero-order valence-corrected chi connectivity index (χ0v) is 11.1. The van der Waals surface area contributed by atoms with Crippen molar-refractivity contribution in [2.75, 3.05) is 5.73 Å². The monoisotopic (exact) mass is 293 g/mol. The number of nitrogens with zero attached hydrogens (tertiary/aromatic N) is 2. The maximum Gasteiger partial charge on any atom is 0.269 e. The number of nitrogen functional groups attached to an aromatic ring is 1. The number of hydrogen-bond donors (Lipinski definition) is 1. The van der Waals surface area contributed by atoms with Crippen LogP contribution < -0.4 is 5.73 Å². The van der Waals surface area contributed by atoms with E-state index in [4.69, 9.17) is 5.73 Å². The van der Waals surface area contributed by atoms with Gasteiger partial charge in [-0.05, 0) is 11.6 Å². The number of anilines is 1. The van der Waals surface area contributed by atoms with Gasteiger partial charge in [-0.3, -0.25) is 15.1 Å². The largest absolute Gasteiger partial charge is 0.396 e. The Labute approximate surface area is 115 Å². The highest BCUT2D eigenvalue weighted by molar-refractivity contribution is 7.90. The predicted octanol–water partition coefficient (Wildman–Crippen LogP) is 1.55. The SMILES string of the molecule is Nc1cnccc1S(=O)(=O)Cc1cccc([N+](=O)[O-])c1. The summed E-state index contributed by atoms with van der Waals surface area (Å²) in [6.07, 6.45) is 2.58. The fourth-order valence-corrected chi connectivity index (χ4v) is 3.19. The summed E-state index contributed by atoms with van der Waals surface area (Å²) in [5.41, 5.74) is 5.82. The van der Waals surface area contributed by atoms with Crippen molar-refractivity contribution in [3.05, 3.63) is 58.4 Å². The number of benzene rings is 1. The maximum absolute atomic E-state index is 12.2. The van der Waals surface area contributed by atoms with Gasteiger partial charge in [0.25, 0.3) is 5.69 Å². The van der Waals surface area contributed by atoms with Crippen LogP contribution in [0.5, 0.6) is 0 Å². The highest BCUT2D eigenvalue weighted by Crippen LogP contribution is 2.22. The number of rotatable bonds is 4. The summed E-state index contributed by atoms with van der Waals surface area (Å²) in [6, 6.07) is 6.80. The first kappa shape index (κ1) is 13.9. The molecule has 0 fully saturated rings. The lowest BCUT2D eigenvalue weighted by Crippen LogP contribution is -2.08. The lowest BCUT2D eigenvalue weighted by molar-refractivity contribution is -0.384. The van der Waals surface area contributed by atoms with Crippen LogP contribution in [0.4, 0.5) is 11.4 Å². The van der Waals surface area contributed by atoms with Crippen LogP contribution in [-0.4, -0.2) is 18.3 Å². The minimum atomic E-state index is -3.67. The highest BCUT2D eigenvalue weighted by atomic mass is 32.2. The number of pyridine rings is 1. The molecule has 0 radical (unpaired) electrons. The molecular formula is C12H11N3O4S. The van der Waals surface area contributed by atoms with Crippen LogP contribution in [0.2, 0.25) is 0 Å². The lowest BCUT2D eigenvalue weighted by Gasteiger charge is -2.06. The molecule has 0 saturated carbocycles. The Kier molecular flexibility index (Phi) is 3.66. The molecule has 0 bridgehead atoms. The van der Waals surface area contributed by atoms with E-state index in [1.807, 2.05) is 0 Å². The van der Waals surface area contributed by atoms with Crippen LogP contribution in [0, 0.1) is 10.1 Å². The molecule has 1 heterocycles. The molecule has 0 spiro atoms. The van der Waals surface area contributed by atoms with Crippen LogP contribution in [-0.2, 0) is 15.6 Å². The zero-order valence-electron chi connectivity index (χ0n) is 10.3. The number of nitro benzene ring substituents is 1. The summed E-state index contributed by atoms with van der Waals surface area (Å²) in [6.45, 7) is 0. The van der Waals surface area contributed by atoms with Gasteiger partial charge in [0, 0.05) is 18.3 Å². The molecule has 2 aromatic rings. The van der Waals surface area contributed by atoms with E-state index in [1.165, 1.54) is 42.7 Å². The van der Waals surface area contributed by atoms with Gasteiger partial charge in [-0.2, -0.15) is 0 Å². The molecule has 0 aliphatic heterocycles. The molecular weight excluding hydrogens is 282 g/mol. The van der Waals surface area contributed by atoms with Crippen LogP contribution in [0.25, 0.3) is 0 Å². The Balaban J connectivity index is 2.36. The van der Waals surface area contributed by atoms with Gasteiger partial charge in [0.15, 0.2) is 9.84 Å². The Morgan fingerprint density at radius 3 is 2.70 bits per heavy atom. The fraction of sp³-hybridized carbons (Fsp3) is 0.0833. The quantitative estimate of drug-likeness (QED) is 0.675. The van der Waals surface area contributed by atoms with Gasteiger partial charge < -0.3 is 5.73 Å². The standard InChI is InChI=1S/C12H11N3O4S/c13-11-7-14-5-4-12(11)20(18,19)8-9-2-1-3-10(6-9)15(16)17/h1-7H,8,13H2. The van der Waals surface area contributed by atoms with Crippen molar-refractivity contribution in [1.82, 2.24) is 4.98 Å². The van der Waals surface area contributed by atoms with Crippen molar-refractivity contribution in [2.45, 2.75) is 10.6 Å². The molecule has 8 heteroatoms. The summed E-state index contributed by atoms with van der Waals surface area (Å²) in [5, 5.41) is 10.7. The number of hydrogen-bond acceptors (Lipinski definition) is 6. The topological polar surface area (TPSA) is 116 Å². The minimum Gasteiger partial charge on any atom is -0.396 e. The number of nitro groups is 1. The third kappa shape index (κ3) is 2.91. The summed E-state index contributed by atoms with van der Waals surface area (Å²) >= 11 is 0. The molecule has 0 unspecified atom stereocenters. The van der Waals surface area contributed by atoms with Crippen molar-refractivity contribution in [2.24, 2.45) is 0 Å². The second-order valence-corrected chi connectivity index (χ2v) is 6.06. The van der Waals surface area contributed by atoms with Gasteiger partial charge >= 0.3 is 0 Å². The first-order valence-corrected chi connectivity index (χ1v) is 7.21. The second kappa shape index (κ2) is 5.25. The molecule has 2 rings (SSSR count). The smallest absolute Gasteiger partial charge is 0.269 e. The van der Waals surface area contributed by atoms with Crippen LogP contribution >= 0.6 is 0 Å². The van der Waals surface area contributed by atoms with Gasteiger partial charge in [0.1, 0.15) is 0 Å². The number of nitrogens with two attached hydrogens (primary N) is 1. The molecule has 0 aliphatic carbocycles. The van der Waals surface area contributed by atoms with E-state index < -0.39 is 14.8 Å². The molecule has 0 atom stereocenters. The van der Waals surface area contributed by atoms with Crippen molar-refractivity contribution in [1.29, 1.82) is 0 Å². The van der Waals surface area contributed by atoms with E-state index in [2.05, 4.69) is 4.98 Å². The van der Waals surface area contributed by atoms with E-state index in [1.54, 1.807) is 0 Å². The van der Waals surface area contributed by atoms with E-state index >= 15 is 0 Å². The highest BCUT2D eigenvalue weighted by Gasteiger charge is 2.19. The zero-order chi connectivity index (χ0) is 14.8. The Morgan fingerprint density at radius 1 is 1.30 bits per heavy atom. The van der Waals surface area contributed by atoms with Gasteiger partial charge in [-0.15, -0.1) is 0 Å². The third-order valence-corrected chi connectivity index (χ3v) is 4.38. The second-order valence-electron chi connectivity index (χ2n) is 4.10. The average molecular weight is 293 g/mol. The summed E-state index contributed by atoms with van der Waals surface area (Å²) < 4.78 is 24.5. The van der Waals surface area contributed by atoms with E-state index in [0.29, 0.717) is 5.56 Å². The number of non-ortho nitro benzene ring substituents is 1. The minimum absolute atomic E-state index is 0.0287. The third-order valence-electron chi connectivity index (χ3n) is 2.62. The Hall–Kier alpha value is -2.48. The first-order valence-electron chi connectivity index (χ1n) is 5.56. The Bertz CT molecular complexity index is 759. The lowest BCUT2D eigenvalue weighted by atomic mass is 10.2. The fourth-order valence-electron chi connectivity index (χ4n) is 1.73.